The smallest absolute Gasteiger partial charge is 0.349 e. The monoisotopic (exact) mass is 475 g/mol. The first-order valence-electron chi connectivity index (χ1n) is 10.6. The molecule has 0 radical (unpaired) electrons. The van der Waals surface area contributed by atoms with Crippen LogP contribution in [0.15, 0.2) is 54.7 Å². The van der Waals surface area contributed by atoms with E-state index in [1.807, 2.05) is 30.5 Å². The van der Waals surface area contributed by atoms with Crippen LogP contribution in [0.1, 0.15) is 27.2 Å². The molecular formula is C24H29NO7S. The van der Waals surface area contributed by atoms with Crippen molar-refractivity contribution in [2.24, 2.45) is 0 Å². The summed E-state index contributed by atoms with van der Waals surface area (Å²) in [5.41, 5.74) is -0.122. The molecule has 3 rings (SSSR count). The number of hydrogen-bond donors (Lipinski definition) is 0. The van der Waals surface area contributed by atoms with Crippen LogP contribution in [0.3, 0.4) is 0 Å². The summed E-state index contributed by atoms with van der Waals surface area (Å²) >= 11 is 0. The maximum absolute atomic E-state index is 12.0. The molecule has 0 aliphatic heterocycles. The lowest BCUT2D eigenvalue weighted by molar-refractivity contribution is -0.158. The van der Waals surface area contributed by atoms with Gasteiger partial charge in [0.05, 0.1) is 19.5 Å². The first kappa shape index (κ1) is 24.4. The number of nitrogens with zero attached hydrogens (tertiary/aromatic N) is 1. The zero-order valence-corrected chi connectivity index (χ0v) is 20.1. The number of aromatic nitrogens is 1. The highest BCUT2D eigenvalue weighted by Crippen LogP contribution is 2.25. The second kappa shape index (κ2) is 10.2. The van der Waals surface area contributed by atoms with E-state index in [0.29, 0.717) is 30.5 Å². The van der Waals surface area contributed by atoms with Crippen LogP contribution in [0.2, 0.25) is 0 Å². The minimum absolute atomic E-state index is 0.291. The minimum Gasteiger partial charge on any atom is -0.493 e. The maximum atomic E-state index is 12.0. The summed E-state index contributed by atoms with van der Waals surface area (Å²) < 4.78 is 46.3. The van der Waals surface area contributed by atoms with Crippen LogP contribution < -0.4 is 13.7 Å². The van der Waals surface area contributed by atoms with Gasteiger partial charge < -0.3 is 23.0 Å². The van der Waals surface area contributed by atoms with Crippen LogP contribution in [0.4, 0.5) is 0 Å². The van der Waals surface area contributed by atoms with Gasteiger partial charge in [-0.2, -0.15) is 8.42 Å². The molecule has 178 valence electrons. The predicted octanol–water partition coefficient (Wildman–Crippen LogP) is 4.17. The fraction of sp³-hybridized carbons (Fsp3) is 0.375. The van der Waals surface area contributed by atoms with Gasteiger partial charge in [0.25, 0.3) is 0 Å². The third kappa shape index (κ3) is 6.89. The first-order chi connectivity index (χ1) is 15.6. The standard InChI is InChI=1S/C24H29NO7S/c1-5-29-23(26)24(2,3)31-20-9-6-8-19(17-20)30-15-7-13-25-14-12-18-16-21(10-11-22(18)25)32-33(4,27)28/h6,8-12,14,16-17H,5,7,13,15H2,1-4H3. The van der Waals surface area contributed by atoms with Gasteiger partial charge in [-0.1, -0.05) is 6.07 Å². The van der Waals surface area contributed by atoms with Gasteiger partial charge in [0, 0.05) is 29.7 Å². The van der Waals surface area contributed by atoms with E-state index in [1.165, 1.54) is 0 Å². The molecular weight excluding hydrogens is 446 g/mol. The normalized spacial score (nSPS) is 11.9. The molecule has 1 heterocycles. The Morgan fingerprint density at radius 3 is 2.52 bits per heavy atom. The number of benzene rings is 2. The average molecular weight is 476 g/mol. The first-order valence-corrected chi connectivity index (χ1v) is 12.5. The maximum Gasteiger partial charge on any atom is 0.349 e. The van der Waals surface area contributed by atoms with Crippen molar-refractivity contribution in [3.05, 3.63) is 54.7 Å². The Morgan fingerprint density at radius 1 is 1.03 bits per heavy atom. The topological polar surface area (TPSA) is 93.1 Å². The van der Waals surface area contributed by atoms with E-state index >= 15 is 0 Å². The third-order valence-electron chi connectivity index (χ3n) is 4.75. The molecule has 3 aromatic rings. The summed E-state index contributed by atoms with van der Waals surface area (Å²) in [6.07, 6.45) is 3.72. The Bertz CT molecular complexity index is 1210. The van der Waals surface area contributed by atoms with Crippen LogP contribution in [0.5, 0.6) is 17.2 Å². The molecule has 8 nitrogen and oxygen atoms in total. The molecule has 0 unspecified atom stereocenters. The fourth-order valence-corrected chi connectivity index (χ4v) is 3.75. The Balaban J connectivity index is 1.54. The second-order valence-electron chi connectivity index (χ2n) is 8.03. The van der Waals surface area contributed by atoms with Gasteiger partial charge in [-0.05, 0) is 63.6 Å². The van der Waals surface area contributed by atoms with Crippen molar-refractivity contribution in [1.82, 2.24) is 4.57 Å². The van der Waals surface area contributed by atoms with E-state index in [-0.39, 0.29) is 0 Å². The molecule has 0 spiro atoms. The Morgan fingerprint density at radius 2 is 1.79 bits per heavy atom. The number of ether oxygens (including phenoxy) is 3. The highest BCUT2D eigenvalue weighted by atomic mass is 32.2. The zero-order chi connectivity index (χ0) is 24.1. The molecule has 1 aromatic heterocycles. The van der Waals surface area contributed by atoms with Crippen LogP contribution in [0, 0.1) is 0 Å². The van der Waals surface area contributed by atoms with Crippen LogP contribution in [-0.4, -0.2) is 44.0 Å². The number of carbonyl (C=O) groups is 1. The van der Waals surface area contributed by atoms with Gasteiger partial charge >= 0.3 is 16.1 Å². The molecule has 33 heavy (non-hydrogen) atoms. The van der Waals surface area contributed by atoms with E-state index in [1.54, 1.807) is 45.0 Å². The summed E-state index contributed by atoms with van der Waals surface area (Å²) in [7, 11) is -3.56. The van der Waals surface area contributed by atoms with Gasteiger partial charge in [0.1, 0.15) is 17.2 Å². The molecule has 0 fully saturated rings. The molecule has 9 heteroatoms. The Labute approximate surface area is 194 Å². The third-order valence-corrected chi connectivity index (χ3v) is 5.24. The van der Waals surface area contributed by atoms with Gasteiger partial charge in [-0.3, -0.25) is 0 Å². The molecule has 0 aliphatic rings. The number of esters is 1. The SMILES string of the molecule is CCOC(=O)C(C)(C)Oc1cccc(OCCCn2ccc3cc(OS(C)(=O)=O)ccc32)c1. The van der Waals surface area contributed by atoms with Crippen LogP contribution >= 0.6 is 0 Å². The zero-order valence-electron chi connectivity index (χ0n) is 19.2. The molecule has 0 saturated carbocycles. The summed E-state index contributed by atoms with van der Waals surface area (Å²) in [5, 5.41) is 0.895. The lowest BCUT2D eigenvalue weighted by Crippen LogP contribution is -2.39. The number of carbonyl (C=O) groups excluding carboxylic acids is 1. The van der Waals surface area contributed by atoms with Crippen molar-refractivity contribution in [3.63, 3.8) is 0 Å². The summed E-state index contributed by atoms with van der Waals surface area (Å²) in [6, 6.07) is 14.2. The van der Waals surface area contributed by atoms with Crippen molar-refractivity contribution in [1.29, 1.82) is 0 Å². The quantitative estimate of drug-likeness (QED) is 0.233. The lowest BCUT2D eigenvalue weighted by atomic mass is 10.1. The van der Waals surface area contributed by atoms with Crippen LogP contribution in [0.25, 0.3) is 10.9 Å². The molecule has 0 aliphatic carbocycles. The van der Waals surface area contributed by atoms with Gasteiger partial charge in [0.15, 0.2) is 5.60 Å². The van der Waals surface area contributed by atoms with Gasteiger partial charge in [-0.15, -0.1) is 0 Å². The van der Waals surface area contributed by atoms with E-state index in [9.17, 15) is 13.2 Å². The van der Waals surface area contributed by atoms with Crippen LogP contribution in [-0.2, 0) is 26.2 Å². The van der Waals surface area contributed by atoms with Crippen molar-refractivity contribution in [2.75, 3.05) is 19.5 Å². The summed E-state index contributed by atoms with van der Waals surface area (Å²) in [4.78, 5) is 12.0. The Hall–Kier alpha value is -3.20. The van der Waals surface area contributed by atoms with Gasteiger partial charge in [-0.25, -0.2) is 4.79 Å². The van der Waals surface area contributed by atoms with E-state index < -0.39 is 21.7 Å². The molecule has 2 aromatic carbocycles. The highest BCUT2D eigenvalue weighted by molar-refractivity contribution is 7.86. The minimum atomic E-state index is -3.56. The van der Waals surface area contributed by atoms with Crippen molar-refractivity contribution < 1.29 is 31.6 Å². The molecule has 0 bridgehead atoms. The van der Waals surface area contributed by atoms with E-state index in [0.717, 1.165) is 30.1 Å². The van der Waals surface area contributed by atoms with Crippen molar-refractivity contribution in [2.45, 2.75) is 39.3 Å². The second-order valence-corrected chi connectivity index (χ2v) is 9.60. The lowest BCUT2D eigenvalue weighted by Gasteiger charge is -2.24. The molecule has 0 saturated heterocycles. The number of aryl methyl sites for hydroxylation is 1. The number of fused-ring (bicyclic) bond motifs is 1. The molecule has 0 atom stereocenters. The van der Waals surface area contributed by atoms with E-state index in [4.69, 9.17) is 18.4 Å². The predicted molar refractivity (Wildman–Crippen MR) is 125 cm³/mol. The number of hydrogen-bond acceptors (Lipinski definition) is 7. The average Bonchev–Trinajstić information content (AvgIpc) is 3.12. The number of rotatable bonds is 11. The van der Waals surface area contributed by atoms with Gasteiger partial charge in [0.2, 0.25) is 0 Å². The molecule has 0 N–H and O–H groups in total. The van der Waals surface area contributed by atoms with Crippen molar-refractivity contribution in [3.8, 4) is 17.2 Å². The largest absolute Gasteiger partial charge is 0.493 e. The Kier molecular flexibility index (Phi) is 7.53. The summed E-state index contributed by atoms with van der Waals surface area (Å²) in [5.74, 6) is 1.03. The van der Waals surface area contributed by atoms with Crippen molar-refractivity contribution >= 4 is 27.0 Å². The molecule has 0 amide bonds. The summed E-state index contributed by atoms with van der Waals surface area (Å²) in [6.45, 7) is 6.58. The highest BCUT2D eigenvalue weighted by Gasteiger charge is 2.31. The van der Waals surface area contributed by atoms with E-state index in [2.05, 4.69) is 4.57 Å². The fourth-order valence-electron chi connectivity index (χ4n) is 3.29.